The first-order valence-corrected chi connectivity index (χ1v) is 12.0. The molecule has 29 heavy (non-hydrogen) atoms. The minimum atomic E-state index is 0.00177. The zero-order valence-corrected chi connectivity index (χ0v) is 19.8. The minimum absolute atomic E-state index is 0.00177. The van der Waals surface area contributed by atoms with E-state index >= 15 is 0 Å². The number of carbonyl (C=O) groups excluding carboxylic acids is 1. The number of amides is 1. The van der Waals surface area contributed by atoms with Crippen molar-refractivity contribution in [2.45, 2.75) is 89.3 Å². The molecule has 1 fully saturated rings. The summed E-state index contributed by atoms with van der Waals surface area (Å²) in [7, 11) is 0. The molecular weight excluding hydrogens is 378 g/mol. The lowest BCUT2D eigenvalue weighted by molar-refractivity contribution is -0.130. The quantitative estimate of drug-likeness (QED) is 0.554. The standard InChI is InChI=1S/C24H37N3OS/c1-7-19(8-2)29-20-9-10-22-21(15-20)25-23(24(4,5)6)27(22)16-18-11-13-26(14-12-18)17(3)28/h9-10,15,18-19H,7-8,11-14,16H2,1-6H3. The Kier molecular flexibility index (Phi) is 6.98. The van der Waals surface area contributed by atoms with E-state index in [1.807, 2.05) is 16.7 Å². The number of aromatic nitrogens is 2. The van der Waals surface area contributed by atoms with Crippen LogP contribution in [-0.4, -0.2) is 38.7 Å². The van der Waals surface area contributed by atoms with Gasteiger partial charge in [0.1, 0.15) is 5.82 Å². The average molecular weight is 416 g/mol. The van der Waals surface area contributed by atoms with Crippen LogP contribution in [0.25, 0.3) is 11.0 Å². The van der Waals surface area contributed by atoms with Crippen molar-refractivity contribution in [2.75, 3.05) is 13.1 Å². The molecule has 0 atom stereocenters. The maximum atomic E-state index is 11.6. The van der Waals surface area contributed by atoms with Gasteiger partial charge in [0, 0.05) is 42.1 Å². The fourth-order valence-electron chi connectivity index (χ4n) is 4.28. The van der Waals surface area contributed by atoms with Gasteiger partial charge in [-0.3, -0.25) is 4.79 Å². The van der Waals surface area contributed by atoms with Crippen LogP contribution in [0.5, 0.6) is 0 Å². The van der Waals surface area contributed by atoms with E-state index in [2.05, 4.69) is 57.4 Å². The van der Waals surface area contributed by atoms with Crippen molar-refractivity contribution in [1.29, 1.82) is 0 Å². The highest BCUT2D eigenvalue weighted by atomic mass is 32.2. The Labute approximate surface area is 180 Å². The second-order valence-corrected chi connectivity index (χ2v) is 10.8. The number of thioether (sulfide) groups is 1. The number of likely N-dealkylation sites (tertiary alicyclic amines) is 1. The summed E-state index contributed by atoms with van der Waals surface area (Å²) in [5.74, 6) is 1.98. The highest BCUT2D eigenvalue weighted by molar-refractivity contribution is 8.00. The third-order valence-corrected chi connectivity index (χ3v) is 7.63. The fraction of sp³-hybridized carbons (Fsp3) is 0.667. The highest BCUT2D eigenvalue weighted by Gasteiger charge is 2.27. The summed E-state index contributed by atoms with van der Waals surface area (Å²) >= 11 is 1.98. The lowest BCUT2D eigenvalue weighted by atomic mass is 9.93. The number of rotatable bonds is 6. The molecule has 2 aromatic rings. The molecule has 1 aliphatic rings. The molecule has 160 valence electrons. The number of nitrogens with zero attached hydrogens (tertiary/aromatic N) is 3. The predicted octanol–water partition coefficient (Wildman–Crippen LogP) is 5.87. The van der Waals surface area contributed by atoms with Gasteiger partial charge in [-0.15, -0.1) is 11.8 Å². The predicted molar refractivity (Wildman–Crippen MR) is 124 cm³/mol. The van der Waals surface area contributed by atoms with Gasteiger partial charge in [-0.25, -0.2) is 4.98 Å². The van der Waals surface area contributed by atoms with Gasteiger partial charge in [-0.05, 0) is 49.8 Å². The van der Waals surface area contributed by atoms with Gasteiger partial charge in [-0.1, -0.05) is 34.6 Å². The van der Waals surface area contributed by atoms with E-state index in [0.717, 1.165) is 38.0 Å². The molecule has 0 aliphatic carbocycles. The Bertz CT molecular complexity index is 840. The molecule has 0 spiro atoms. The average Bonchev–Trinajstić information content (AvgIpc) is 3.04. The Morgan fingerprint density at radius 2 is 1.86 bits per heavy atom. The number of carbonyl (C=O) groups is 1. The SMILES string of the molecule is CCC(CC)Sc1ccc2c(c1)nc(C(C)(C)C)n2CC1CCN(C(C)=O)CC1. The summed E-state index contributed by atoms with van der Waals surface area (Å²) in [5, 5.41) is 0.670. The monoisotopic (exact) mass is 415 g/mol. The first-order valence-electron chi connectivity index (χ1n) is 11.2. The summed E-state index contributed by atoms with van der Waals surface area (Å²) in [6.07, 6.45) is 4.54. The minimum Gasteiger partial charge on any atom is -0.343 e. The normalized spacial score (nSPS) is 16.2. The molecule has 0 unspecified atom stereocenters. The zero-order chi connectivity index (χ0) is 21.2. The Morgan fingerprint density at radius 3 is 2.41 bits per heavy atom. The second-order valence-electron chi connectivity index (χ2n) is 9.45. The third-order valence-electron chi connectivity index (χ3n) is 6.10. The van der Waals surface area contributed by atoms with Crippen molar-refractivity contribution in [3.63, 3.8) is 0 Å². The molecule has 3 rings (SSSR count). The number of fused-ring (bicyclic) bond motifs is 1. The van der Waals surface area contributed by atoms with Crippen molar-refractivity contribution < 1.29 is 4.79 Å². The van der Waals surface area contributed by atoms with Crippen molar-refractivity contribution in [1.82, 2.24) is 14.5 Å². The maximum Gasteiger partial charge on any atom is 0.219 e. The van der Waals surface area contributed by atoms with Crippen molar-refractivity contribution >= 4 is 28.7 Å². The molecule has 2 heterocycles. The van der Waals surface area contributed by atoms with Crippen LogP contribution < -0.4 is 0 Å². The smallest absolute Gasteiger partial charge is 0.219 e. The van der Waals surface area contributed by atoms with Crippen molar-refractivity contribution in [2.24, 2.45) is 5.92 Å². The molecule has 0 bridgehead atoms. The van der Waals surface area contributed by atoms with E-state index in [0.29, 0.717) is 11.2 Å². The van der Waals surface area contributed by atoms with E-state index in [1.54, 1.807) is 6.92 Å². The van der Waals surface area contributed by atoms with E-state index in [-0.39, 0.29) is 11.3 Å². The van der Waals surface area contributed by atoms with Gasteiger partial charge in [0.2, 0.25) is 5.91 Å². The van der Waals surface area contributed by atoms with E-state index < -0.39 is 0 Å². The lowest BCUT2D eigenvalue weighted by Gasteiger charge is -2.32. The first-order chi connectivity index (χ1) is 13.7. The molecule has 4 nitrogen and oxygen atoms in total. The molecule has 1 aliphatic heterocycles. The number of hydrogen-bond acceptors (Lipinski definition) is 3. The highest BCUT2D eigenvalue weighted by Crippen LogP contribution is 2.33. The molecule has 0 radical (unpaired) electrons. The Morgan fingerprint density at radius 1 is 1.21 bits per heavy atom. The largest absolute Gasteiger partial charge is 0.343 e. The topological polar surface area (TPSA) is 38.1 Å². The number of piperidine rings is 1. The van der Waals surface area contributed by atoms with Crippen LogP contribution in [0.15, 0.2) is 23.1 Å². The van der Waals surface area contributed by atoms with Crippen LogP contribution in [0, 0.1) is 5.92 Å². The number of hydrogen-bond donors (Lipinski definition) is 0. The van der Waals surface area contributed by atoms with Crippen LogP contribution in [0.4, 0.5) is 0 Å². The summed E-state index contributed by atoms with van der Waals surface area (Å²) in [6, 6.07) is 6.82. The van der Waals surface area contributed by atoms with Crippen LogP contribution >= 0.6 is 11.8 Å². The molecule has 0 saturated carbocycles. The maximum absolute atomic E-state index is 11.6. The van der Waals surface area contributed by atoms with Gasteiger partial charge in [0.25, 0.3) is 0 Å². The summed E-state index contributed by atoms with van der Waals surface area (Å²) in [5.41, 5.74) is 2.37. The number of imidazole rings is 1. The van der Waals surface area contributed by atoms with E-state index in [4.69, 9.17) is 4.98 Å². The van der Waals surface area contributed by atoms with Gasteiger partial charge < -0.3 is 9.47 Å². The molecule has 1 saturated heterocycles. The van der Waals surface area contributed by atoms with Crippen LogP contribution in [0.3, 0.4) is 0 Å². The van der Waals surface area contributed by atoms with Crippen molar-refractivity contribution in [3.05, 3.63) is 24.0 Å². The van der Waals surface area contributed by atoms with Crippen LogP contribution in [-0.2, 0) is 16.8 Å². The van der Waals surface area contributed by atoms with E-state index in [9.17, 15) is 4.79 Å². The van der Waals surface area contributed by atoms with Gasteiger partial charge in [-0.2, -0.15) is 0 Å². The fourth-order valence-corrected chi connectivity index (χ4v) is 5.32. The van der Waals surface area contributed by atoms with Gasteiger partial charge >= 0.3 is 0 Å². The van der Waals surface area contributed by atoms with Gasteiger partial charge in [0.15, 0.2) is 0 Å². The lowest BCUT2D eigenvalue weighted by Crippen LogP contribution is -2.38. The van der Waals surface area contributed by atoms with Crippen molar-refractivity contribution in [3.8, 4) is 0 Å². The molecule has 1 aromatic carbocycles. The molecular formula is C24H37N3OS. The summed E-state index contributed by atoms with van der Waals surface area (Å²) < 4.78 is 2.45. The number of benzene rings is 1. The molecule has 1 aromatic heterocycles. The Balaban J connectivity index is 1.88. The Hall–Kier alpha value is -1.49. The molecule has 5 heteroatoms. The first kappa shape index (κ1) is 22.2. The van der Waals surface area contributed by atoms with Crippen LogP contribution in [0.2, 0.25) is 0 Å². The van der Waals surface area contributed by atoms with Gasteiger partial charge in [0.05, 0.1) is 11.0 Å². The zero-order valence-electron chi connectivity index (χ0n) is 19.0. The summed E-state index contributed by atoms with van der Waals surface area (Å²) in [4.78, 5) is 20.0. The van der Waals surface area contributed by atoms with Crippen LogP contribution in [0.1, 0.15) is 73.1 Å². The molecule has 1 amide bonds. The summed E-state index contributed by atoms with van der Waals surface area (Å²) in [6.45, 7) is 15.7. The molecule has 0 N–H and O–H groups in total. The third kappa shape index (κ3) is 5.17. The second kappa shape index (κ2) is 9.11. The van der Waals surface area contributed by atoms with E-state index in [1.165, 1.54) is 29.1 Å².